The second-order valence-corrected chi connectivity index (χ2v) is 7.86. The van der Waals surface area contributed by atoms with Gasteiger partial charge < -0.3 is 10.1 Å². The van der Waals surface area contributed by atoms with E-state index in [2.05, 4.69) is 26.1 Å². The van der Waals surface area contributed by atoms with Crippen LogP contribution in [0, 0.1) is 0 Å². The Kier molecular flexibility index (Phi) is 3.67. The van der Waals surface area contributed by atoms with E-state index in [0.29, 0.717) is 0 Å². The van der Waals surface area contributed by atoms with Gasteiger partial charge in [0.1, 0.15) is 11.1 Å². The Morgan fingerprint density at radius 1 is 1.32 bits per heavy atom. The Labute approximate surface area is 119 Å². The van der Waals surface area contributed by atoms with Crippen molar-refractivity contribution in [2.24, 2.45) is 0 Å². The molecule has 0 amide bonds. The molecule has 2 aliphatic rings. The third-order valence-corrected chi connectivity index (χ3v) is 4.86. The molecule has 1 N–H and O–H groups in total. The zero-order valence-corrected chi connectivity index (χ0v) is 13.0. The van der Waals surface area contributed by atoms with Crippen LogP contribution in [-0.2, 0) is 11.3 Å². The molecule has 0 spiro atoms. The summed E-state index contributed by atoms with van der Waals surface area (Å²) in [5.74, 6) is 0.725. The van der Waals surface area contributed by atoms with E-state index in [1.54, 1.807) is 0 Å². The lowest BCUT2D eigenvalue weighted by Crippen LogP contribution is -2.35. The van der Waals surface area contributed by atoms with Gasteiger partial charge in [-0.25, -0.2) is 4.98 Å². The number of thiazole rings is 1. The predicted octanol–water partition coefficient (Wildman–Crippen LogP) is 3.76. The van der Waals surface area contributed by atoms with E-state index in [0.717, 1.165) is 25.5 Å². The molecule has 0 aromatic carbocycles. The topological polar surface area (TPSA) is 34.1 Å². The van der Waals surface area contributed by atoms with E-state index in [9.17, 15) is 0 Å². The second-order valence-electron chi connectivity index (χ2n) is 6.74. The van der Waals surface area contributed by atoms with Gasteiger partial charge in [-0.3, -0.25) is 0 Å². The summed E-state index contributed by atoms with van der Waals surface area (Å²) in [4.78, 5) is 6.34. The van der Waals surface area contributed by atoms with E-state index in [1.165, 1.54) is 34.8 Å². The molecule has 1 saturated heterocycles. The summed E-state index contributed by atoms with van der Waals surface area (Å²) in [6.07, 6.45) is 5.22. The van der Waals surface area contributed by atoms with Crippen molar-refractivity contribution in [3.8, 4) is 0 Å². The van der Waals surface area contributed by atoms with Crippen molar-refractivity contribution in [1.82, 2.24) is 10.3 Å². The van der Waals surface area contributed by atoms with Crippen LogP contribution in [0.4, 0.5) is 0 Å². The van der Waals surface area contributed by atoms with E-state index in [4.69, 9.17) is 9.72 Å². The van der Waals surface area contributed by atoms with Gasteiger partial charge in [-0.15, -0.1) is 11.3 Å². The number of ether oxygens (including phenoxy) is 1. The first-order chi connectivity index (χ1) is 9.03. The Morgan fingerprint density at radius 2 is 2.11 bits per heavy atom. The summed E-state index contributed by atoms with van der Waals surface area (Å²) in [6, 6.07) is 0. The standard InChI is InChI=1S/C15H24N2OS/c1-15(2,3)16-9-12-13(10-6-7-10)17-14(19-12)11-5-4-8-18-11/h10-11,16H,4-9H2,1-3H3. The van der Waals surface area contributed by atoms with Gasteiger partial charge in [-0.2, -0.15) is 0 Å². The highest BCUT2D eigenvalue weighted by Gasteiger charge is 2.32. The van der Waals surface area contributed by atoms with Gasteiger partial charge in [0.2, 0.25) is 0 Å². The fourth-order valence-electron chi connectivity index (χ4n) is 2.44. The molecule has 19 heavy (non-hydrogen) atoms. The number of nitrogens with one attached hydrogen (secondary N) is 1. The van der Waals surface area contributed by atoms with Crippen LogP contribution >= 0.6 is 11.3 Å². The summed E-state index contributed by atoms with van der Waals surface area (Å²) in [5, 5.41) is 4.81. The molecule has 1 aliphatic carbocycles. The quantitative estimate of drug-likeness (QED) is 0.912. The molecular weight excluding hydrogens is 256 g/mol. The molecule has 1 aromatic rings. The molecule has 1 aromatic heterocycles. The van der Waals surface area contributed by atoms with Gasteiger partial charge in [0.25, 0.3) is 0 Å². The molecule has 0 radical (unpaired) electrons. The maximum Gasteiger partial charge on any atom is 0.122 e. The van der Waals surface area contributed by atoms with Gasteiger partial charge in [0.15, 0.2) is 0 Å². The summed E-state index contributed by atoms with van der Waals surface area (Å²) in [5.41, 5.74) is 1.52. The number of rotatable bonds is 4. The zero-order chi connectivity index (χ0) is 13.5. The minimum Gasteiger partial charge on any atom is -0.371 e. The first-order valence-electron chi connectivity index (χ1n) is 7.39. The second kappa shape index (κ2) is 5.15. The predicted molar refractivity (Wildman–Crippen MR) is 78.6 cm³/mol. The highest BCUT2D eigenvalue weighted by atomic mass is 32.1. The fourth-order valence-corrected chi connectivity index (χ4v) is 3.62. The summed E-state index contributed by atoms with van der Waals surface area (Å²) in [7, 11) is 0. The van der Waals surface area contributed by atoms with E-state index >= 15 is 0 Å². The summed E-state index contributed by atoms with van der Waals surface area (Å²) >= 11 is 1.87. The monoisotopic (exact) mass is 280 g/mol. The van der Waals surface area contributed by atoms with Crippen molar-refractivity contribution in [2.45, 2.75) is 70.6 Å². The smallest absolute Gasteiger partial charge is 0.122 e. The van der Waals surface area contributed by atoms with Crippen molar-refractivity contribution in [1.29, 1.82) is 0 Å². The Hall–Kier alpha value is -0.450. The van der Waals surface area contributed by atoms with Crippen molar-refractivity contribution in [3.05, 3.63) is 15.6 Å². The van der Waals surface area contributed by atoms with Crippen molar-refractivity contribution >= 4 is 11.3 Å². The largest absolute Gasteiger partial charge is 0.371 e. The van der Waals surface area contributed by atoms with Crippen LogP contribution in [0.3, 0.4) is 0 Å². The minimum absolute atomic E-state index is 0.162. The summed E-state index contributed by atoms with van der Waals surface area (Å²) in [6.45, 7) is 8.49. The molecule has 1 saturated carbocycles. The summed E-state index contributed by atoms with van der Waals surface area (Å²) < 4.78 is 5.78. The SMILES string of the molecule is CC(C)(C)NCc1sc(C2CCCO2)nc1C1CC1. The van der Waals surface area contributed by atoms with Crippen LogP contribution in [0.25, 0.3) is 0 Å². The molecule has 4 heteroatoms. The lowest BCUT2D eigenvalue weighted by atomic mass is 10.1. The maximum atomic E-state index is 5.78. The Balaban J connectivity index is 1.76. The molecule has 2 fully saturated rings. The Bertz CT molecular complexity index is 439. The first kappa shape index (κ1) is 13.5. The van der Waals surface area contributed by atoms with Gasteiger partial charge >= 0.3 is 0 Å². The molecule has 106 valence electrons. The molecule has 2 heterocycles. The fraction of sp³-hybridized carbons (Fsp3) is 0.800. The van der Waals surface area contributed by atoms with E-state index in [-0.39, 0.29) is 11.6 Å². The van der Waals surface area contributed by atoms with Crippen LogP contribution in [0.2, 0.25) is 0 Å². The molecule has 1 atom stereocenters. The lowest BCUT2D eigenvalue weighted by Gasteiger charge is -2.20. The Morgan fingerprint density at radius 3 is 2.68 bits per heavy atom. The number of aromatic nitrogens is 1. The van der Waals surface area contributed by atoms with E-state index < -0.39 is 0 Å². The van der Waals surface area contributed by atoms with Crippen LogP contribution in [0.5, 0.6) is 0 Å². The van der Waals surface area contributed by atoms with Crippen molar-refractivity contribution in [3.63, 3.8) is 0 Å². The number of hydrogen-bond donors (Lipinski definition) is 1. The molecular formula is C15H24N2OS. The van der Waals surface area contributed by atoms with Crippen LogP contribution in [0.1, 0.15) is 74.1 Å². The van der Waals surface area contributed by atoms with Crippen LogP contribution in [0.15, 0.2) is 0 Å². The normalized spacial score (nSPS) is 24.1. The lowest BCUT2D eigenvalue weighted by molar-refractivity contribution is 0.111. The zero-order valence-electron chi connectivity index (χ0n) is 12.2. The average molecular weight is 280 g/mol. The number of hydrogen-bond acceptors (Lipinski definition) is 4. The molecule has 3 rings (SSSR count). The van der Waals surface area contributed by atoms with E-state index in [1.807, 2.05) is 11.3 Å². The highest BCUT2D eigenvalue weighted by molar-refractivity contribution is 7.11. The van der Waals surface area contributed by atoms with Gasteiger partial charge in [0, 0.05) is 29.5 Å². The average Bonchev–Trinajstić information content (AvgIpc) is 2.90. The minimum atomic E-state index is 0.162. The third kappa shape index (κ3) is 3.36. The van der Waals surface area contributed by atoms with Gasteiger partial charge in [-0.1, -0.05) is 0 Å². The van der Waals surface area contributed by atoms with Crippen LogP contribution < -0.4 is 5.32 Å². The number of nitrogens with zero attached hydrogens (tertiary/aromatic N) is 1. The van der Waals surface area contributed by atoms with Gasteiger partial charge in [-0.05, 0) is 46.5 Å². The third-order valence-electron chi connectivity index (χ3n) is 3.69. The molecule has 1 aliphatic heterocycles. The van der Waals surface area contributed by atoms with Crippen molar-refractivity contribution in [2.75, 3.05) is 6.61 Å². The van der Waals surface area contributed by atoms with Crippen molar-refractivity contribution < 1.29 is 4.74 Å². The highest BCUT2D eigenvalue weighted by Crippen LogP contribution is 2.44. The molecule has 0 bridgehead atoms. The van der Waals surface area contributed by atoms with Crippen LogP contribution in [-0.4, -0.2) is 17.1 Å². The molecule has 1 unspecified atom stereocenters. The van der Waals surface area contributed by atoms with Gasteiger partial charge in [0.05, 0.1) is 5.69 Å². The first-order valence-corrected chi connectivity index (χ1v) is 8.21. The maximum absolute atomic E-state index is 5.78. The molecule has 3 nitrogen and oxygen atoms in total.